The first-order valence-corrected chi connectivity index (χ1v) is 9.64. The van der Waals surface area contributed by atoms with E-state index in [0.717, 1.165) is 0 Å². The van der Waals surface area contributed by atoms with E-state index < -0.39 is 12.0 Å². The molecule has 0 radical (unpaired) electrons. The van der Waals surface area contributed by atoms with Crippen LogP contribution in [0.2, 0.25) is 0 Å². The van der Waals surface area contributed by atoms with Gasteiger partial charge in [-0.2, -0.15) is 0 Å². The van der Waals surface area contributed by atoms with Crippen molar-refractivity contribution in [1.82, 2.24) is 10.6 Å². The Morgan fingerprint density at radius 3 is 1.69 bits per heavy atom. The quantitative estimate of drug-likeness (QED) is 0.393. The number of Topliss-reactive ketones (excluding diaryl/α,β-unsaturated/α-hetero) is 2. The van der Waals surface area contributed by atoms with E-state index in [-0.39, 0.29) is 40.9 Å². The lowest BCUT2D eigenvalue weighted by molar-refractivity contribution is -0.138. The van der Waals surface area contributed by atoms with E-state index in [9.17, 15) is 19.5 Å². The van der Waals surface area contributed by atoms with Crippen molar-refractivity contribution in [1.29, 1.82) is 0 Å². The van der Waals surface area contributed by atoms with Gasteiger partial charge in [0.15, 0.2) is 11.6 Å². The van der Waals surface area contributed by atoms with Crippen LogP contribution < -0.4 is 10.6 Å². The third-order valence-corrected chi connectivity index (χ3v) is 4.52. The molecule has 6 nitrogen and oxygen atoms in total. The van der Waals surface area contributed by atoms with Crippen molar-refractivity contribution in [2.24, 2.45) is 0 Å². The first-order valence-electron chi connectivity index (χ1n) is 8.82. The summed E-state index contributed by atoms with van der Waals surface area (Å²) in [6.45, 7) is -0.0735. The van der Waals surface area contributed by atoms with Crippen LogP contribution in [0.3, 0.4) is 0 Å². The van der Waals surface area contributed by atoms with Gasteiger partial charge in [0.2, 0.25) is 0 Å². The molecule has 0 heterocycles. The van der Waals surface area contributed by atoms with Crippen molar-refractivity contribution in [3.05, 3.63) is 71.8 Å². The molecule has 0 fully saturated rings. The minimum absolute atomic E-state index is 0.0252. The molecule has 1 atom stereocenters. The van der Waals surface area contributed by atoms with Gasteiger partial charge in [0.05, 0.1) is 22.8 Å². The molecule has 1 unspecified atom stereocenters. The van der Waals surface area contributed by atoms with Crippen molar-refractivity contribution in [2.75, 3.05) is 6.54 Å². The van der Waals surface area contributed by atoms with Crippen LogP contribution in [0.5, 0.6) is 0 Å². The Bertz CT molecular complexity index is 901. The van der Waals surface area contributed by atoms with E-state index in [1.54, 1.807) is 54.6 Å². The van der Waals surface area contributed by atoms with Gasteiger partial charge in [-0.25, -0.2) is 4.79 Å². The summed E-state index contributed by atoms with van der Waals surface area (Å²) in [4.78, 5) is 36.2. The van der Waals surface area contributed by atoms with E-state index >= 15 is 0 Å². The predicted molar refractivity (Wildman–Crippen MR) is 119 cm³/mol. The number of nitrogens with one attached hydrogen (secondary N) is 2. The normalized spacial score (nSPS) is 11.2. The molecule has 2 aromatic carbocycles. The summed E-state index contributed by atoms with van der Waals surface area (Å²) in [6.07, 6.45) is -0.122. The van der Waals surface area contributed by atoms with E-state index in [1.807, 2.05) is 6.07 Å². The first kappa shape index (κ1) is 22.3. The molecular formula is C21H20N2O4S2. The Balaban J connectivity index is 1.84. The summed E-state index contributed by atoms with van der Waals surface area (Å²) in [6, 6.07) is 16.2. The van der Waals surface area contributed by atoms with Gasteiger partial charge in [0.1, 0.15) is 6.04 Å². The molecule has 29 heavy (non-hydrogen) atoms. The lowest BCUT2D eigenvalue weighted by Gasteiger charge is -2.17. The number of thiocarbonyl (C=S) groups is 2. The van der Waals surface area contributed by atoms with Crippen molar-refractivity contribution in [3.8, 4) is 0 Å². The standard InChI is InChI=1S/C21H20N2O4S2/c24-17(14-7-3-1-4-8-14)11-19(28)22-13-16(21(26)27)23-20(29)12-18(25)15-9-5-2-6-10-15/h1-10,16H,11-13H2,(H,22,28)(H,23,29)(H,26,27). The van der Waals surface area contributed by atoms with Crippen LogP contribution in [0.15, 0.2) is 60.7 Å². The third-order valence-electron chi connectivity index (χ3n) is 3.97. The Morgan fingerprint density at radius 1 is 0.793 bits per heavy atom. The largest absolute Gasteiger partial charge is 0.480 e. The average Bonchev–Trinajstić information content (AvgIpc) is 2.72. The fraction of sp³-hybridized carbons (Fsp3) is 0.190. The summed E-state index contributed by atoms with van der Waals surface area (Å²) in [5, 5.41) is 14.8. The molecule has 0 aliphatic heterocycles. The maximum absolute atomic E-state index is 12.2. The van der Waals surface area contributed by atoms with Crippen LogP contribution >= 0.6 is 24.4 Å². The minimum Gasteiger partial charge on any atom is -0.480 e. The number of aliphatic carboxylic acids is 1. The second kappa shape index (κ2) is 11.1. The highest BCUT2D eigenvalue weighted by molar-refractivity contribution is 7.80. The summed E-state index contributed by atoms with van der Waals surface area (Å²) in [7, 11) is 0. The Hall–Kier alpha value is -2.97. The van der Waals surface area contributed by atoms with Gasteiger partial charge in [0, 0.05) is 17.7 Å². The molecule has 8 heteroatoms. The van der Waals surface area contributed by atoms with Crippen LogP contribution in [-0.4, -0.2) is 45.2 Å². The van der Waals surface area contributed by atoms with Crippen molar-refractivity contribution >= 4 is 51.9 Å². The summed E-state index contributed by atoms with van der Waals surface area (Å²) < 4.78 is 0. The van der Waals surface area contributed by atoms with Crippen molar-refractivity contribution in [3.63, 3.8) is 0 Å². The Labute approximate surface area is 179 Å². The van der Waals surface area contributed by atoms with E-state index in [0.29, 0.717) is 11.1 Å². The van der Waals surface area contributed by atoms with E-state index in [2.05, 4.69) is 10.6 Å². The molecular weight excluding hydrogens is 408 g/mol. The van der Waals surface area contributed by atoms with Crippen LogP contribution in [0.1, 0.15) is 33.6 Å². The number of benzene rings is 2. The van der Waals surface area contributed by atoms with E-state index in [1.165, 1.54) is 0 Å². The highest BCUT2D eigenvalue weighted by atomic mass is 32.1. The number of carboxylic acids is 1. The number of ketones is 2. The highest BCUT2D eigenvalue weighted by Crippen LogP contribution is 2.05. The number of carbonyl (C=O) groups is 3. The van der Waals surface area contributed by atoms with Gasteiger partial charge in [-0.1, -0.05) is 85.1 Å². The van der Waals surface area contributed by atoms with Crippen LogP contribution in [0.25, 0.3) is 0 Å². The molecule has 0 aromatic heterocycles. The first-order chi connectivity index (χ1) is 13.9. The van der Waals surface area contributed by atoms with Gasteiger partial charge in [-0.15, -0.1) is 0 Å². The highest BCUT2D eigenvalue weighted by Gasteiger charge is 2.20. The van der Waals surface area contributed by atoms with E-state index in [4.69, 9.17) is 24.4 Å². The maximum atomic E-state index is 12.2. The SMILES string of the molecule is O=C(CC(=S)NCC(NC(=S)CC(=O)c1ccccc1)C(=O)O)c1ccccc1. The molecule has 0 saturated heterocycles. The topological polar surface area (TPSA) is 95.5 Å². The molecule has 0 spiro atoms. The van der Waals surface area contributed by atoms with Gasteiger partial charge in [-0.05, 0) is 0 Å². The van der Waals surface area contributed by atoms with Crippen LogP contribution in [0.4, 0.5) is 0 Å². The molecule has 2 aromatic rings. The van der Waals surface area contributed by atoms with Crippen molar-refractivity contribution < 1.29 is 19.5 Å². The maximum Gasteiger partial charge on any atom is 0.327 e. The molecule has 0 saturated carbocycles. The van der Waals surface area contributed by atoms with Crippen LogP contribution in [-0.2, 0) is 4.79 Å². The van der Waals surface area contributed by atoms with Crippen LogP contribution in [0, 0.1) is 0 Å². The van der Waals surface area contributed by atoms with Gasteiger partial charge in [-0.3, -0.25) is 9.59 Å². The Kier molecular flexibility index (Phi) is 8.57. The van der Waals surface area contributed by atoms with Crippen molar-refractivity contribution in [2.45, 2.75) is 18.9 Å². The Morgan fingerprint density at radius 2 is 1.24 bits per heavy atom. The lowest BCUT2D eigenvalue weighted by atomic mass is 10.1. The molecule has 150 valence electrons. The lowest BCUT2D eigenvalue weighted by Crippen LogP contribution is -2.48. The average molecular weight is 429 g/mol. The van der Waals surface area contributed by atoms with Gasteiger partial charge in [0.25, 0.3) is 0 Å². The second-order valence-electron chi connectivity index (χ2n) is 6.19. The summed E-state index contributed by atoms with van der Waals surface area (Å²) in [5.41, 5.74) is 1.03. The predicted octanol–water partition coefficient (Wildman–Crippen LogP) is 2.82. The number of rotatable bonds is 10. The van der Waals surface area contributed by atoms with Gasteiger partial charge < -0.3 is 15.7 Å². The summed E-state index contributed by atoms with van der Waals surface area (Å²) >= 11 is 10.3. The molecule has 0 bridgehead atoms. The number of carboxylic acid groups (broad SMARTS) is 1. The minimum atomic E-state index is -1.15. The molecule has 0 amide bonds. The zero-order valence-electron chi connectivity index (χ0n) is 15.5. The summed E-state index contributed by atoms with van der Waals surface area (Å²) in [5.74, 6) is -1.51. The number of hydrogen-bond donors (Lipinski definition) is 3. The smallest absolute Gasteiger partial charge is 0.327 e. The fourth-order valence-corrected chi connectivity index (χ4v) is 2.96. The second-order valence-corrected chi connectivity index (χ2v) is 7.18. The van der Waals surface area contributed by atoms with Gasteiger partial charge >= 0.3 is 5.97 Å². The number of carbonyl (C=O) groups excluding carboxylic acids is 2. The zero-order valence-corrected chi connectivity index (χ0v) is 17.1. The fourth-order valence-electron chi connectivity index (χ4n) is 2.47. The molecule has 3 N–H and O–H groups in total. The number of hydrogen-bond acceptors (Lipinski definition) is 5. The molecule has 0 aliphatic rings. The molecule has 0 aliphatic carbocycles. The third kappa shape index (κ3) is 7.52. The zero-order chi connectivity index (χ0) is 21.2. The molecule has 2 rings (SSSR count). The monoisotopic (exact) mass is 428 g/mol.